The summed E-state index contributed by atoms with van der Waals surface area (Å²) in [6.07, 6.45) is 8.50. The molecule has 1 N–H and O–H groups in total. The Balaban J connectivity index is 1.32. The highest BCUT2D eigenvalue weighted by Crippen LogP contribution is 2.52. The Kier molecular flexibility index (Phi) is 10.4. The second-order valence-electron chi connectivity index (χ2n) is 14.0. The summed E-state index contributed by atoms with van der Waals surface area (Å²) in [5.41, 5.74) is 0.951. The number of rotatable bonds is 12. The standard InChI is InChI=1S/C36H48N4O7/c1-8-10-11-12-22-17-21-13-15-25(21)30(22)47-35(43)39-31(36(3,4)5)33(41)40-20-24(19-29(40)34(42)45-7)46-32-26(9-2)37-27-16-14-23(44-6)18-28(27)38-32/h8-9,14,16,18,21-22,24-25,29-31H,1-2,10-13,15,17,19-20H2,3-7H3,(H,39,43). The van der Waals surface area contributed by atoms with Crippen LogP contribution >= 0.6 is 0 Å². The zero-order valence-electron chi connectivity index (χ0n) is 28.2. The maximum absolute atomic E-state index is 14.3. The van der Waals surface area contributed by atoms with E-state index in [9.17, 15) is 14.4 Å². The maximum Gasteiger partial charge on any atom is 0.408 e. The van der Waals surface area contributed by atoms with Crippen molar-refractivity contribution in [2.75, 3.05) is 20.8 Å². The number of ether oxygens (including phenoxy) is 4. The third-order valence-corrected chi connectivity index (χ3v) is 9.93. The highest BCUT2D eigenvalue weighted by Gasteiger charge is 2.51. The number of carbonyl (C=O) groups is 3. The summed E-state index contributed by atoms with van der Waals surface area (Å²) in [6.45, 7) is 13.4. The molecule has 3 fully saturated rings. The Morgan fingerprint density at radius 3 is 2.53 bits per heavy atom. The van der Waals surface area contributed by atoms with E-state index in [0.717, 1.165) is 32.1 Å². The fourth-order valence-electron chi connectivity index (χ4n) is 7.29. The van der Waals surface area contributed by atoms with Gasteiger partial charge in [0.1, 0.15) is 35.7 Å². The van der Waals surface area contributed by atoms with Gasteiger partial charge in [0.25, 0.3) is 0 Å². The zero-order chi connectivity index (χ0) is 33.9. The first-order chi connectivity index (χ1) is 22.5. The van der Waals surface area contributed by atoms with Crippen molar-refractivity contribution in [2.45, 2.75) is 90.0 Å². The number of allylic oxidation sites excluding steroid dienone is 1. The largest absolute Gasteiger partial charge is 0.497 e. The number of aromatic nitrogens is 2. The molecule has 2 heterocycles. The van der Waals surface area contributed by atoms with Crippen LogP contribution in [0, 0.1) is 23.2 Å². The summed E-state index contributed by atoms with van der Waals surface area (Å²) < 4.78 is 22.8. The van der Waals surface area contributed by atoms with Gasteiger partial charge < -0.3 is 29.2 Å². The summed E-state index contributed by atoms with van der Waals surface area (Å²) in [4.78, 5) is 51.4. The van der Waals surface area contributed by atoms with Crippen molar-refractivity contribution in [3.63, 3.8) is 0 Å². The van der Waals surface area contributed by atoms with Crippen molar-refractivity contribution in [1.82, 2.24) is 20.2 Å². The van der Waals surface area contributed by atoms with Crippen LogP contribution in [-0.4, -0.2) is 77.9 Å². The van der Waals surface area contributed by atoms with Crippen LogP contribution in [0.5, 0.6) is 11.6 Å². The molecule has 11 heteroatoms. The molecule has 7 atom stereocenters. The van der Waals surface area contributed by atoms with Gasteiger partial charge in [0, 0.05) is 12.5 Å². The predicted octanol–water partition coefficient (Wildman–Crippen LogP) is 5.71. The molecule has 2 aliphatic carbocycles. The van der Waals surface area contributed by atoms with Crippen LogP contribution < -0.4 is 14.8 Å². The van der Waals surface area contributed by atoms with Crippen molar-refractivity contribution >= 4 is 35.1 Å². The minimum absolute atomic E-state index is 0.0775. The van der Waals surface area contributed by atoms with Gasteiger partial charge in [0.15, 0.2) is 0 Å². The third-order valence-electron chi connectivity index (χ3n) is 9.93. The lowest BCUT2D eigenvalue weighted by molar-refractivity contribution is -0.152. The second-order valence-corrected chi connectivity index (χ2v) is 14.0. The summed E-state index contributed by atoms with van der Waals surface area (Å²) >= 11 is 0. The van der Waals surface area contributed by atoms with Crippen LogP contribution in [0.1, 0.15) is 71.4 Å². The van der Waals surface area contributed by atoms with E-state index in [1.165, 1.54) is 18.4 Å². The number of nitrogens with zero attached hydrogens (tertiary/aromatic N) is 3. The molecule has 1 aliphatic heterocycles. The van der Waals surface area contributed by atoms with E-state index >= 15 is 0 Å². The van der Waals surface area contributed by atoms with Gasteiger partial charge in [0.2, 0.25) is 11.8 Å². The molecule has 5 rings (SSSR count). The topological polar surface area (TPSA) is 129 Å². The third kappa shape index (κ3) is 7.39. The van der Waals surface area contributed by atoms with Gasteiger partial charge in [-0.2, -0.15) is 0 Å². The summed E-state index contributed by atoms with van der Waals surface area (Å²) in [6, 6.07) is 3.47. The van der Waals surface area contributed by atoms with Gasteiger partial charge in [-0.1, -0.05) is 33.4 Å². The number of nitrogens with one attached hydrogen (secondary N) is 1. The van der Waals surface area contributed by atoms with Crippen molar-refractivity contribution in [1.29, 1.82) is 0 Å². The van der Waals surface area contributed by atoms with Crippen LogP contribution in [0.3, 0.4) is 0 Å². The molecule has 7 unspecified atom stereocenters. The summed E-state index contributed by atoms with van der Waals surface area (Å²) in [5.74, 6) is 1.15. The quantitative estimate of drug-likeness (QED) is 0.175. The number of methoxy groups -OCH3 is 2. The van der Waals surface area contributed by atoms with E-state index in [0.29, 0.717) is 40.2 Å². The van der Waals surface area contributed by atoms with Gasteiger partial charge in [-0.15, -0.1) is 6.58 Å². The molecule has 2 amide bonds. The number of amides is 2. The molecule has 1 saturated heterocycles. The number of alkyl carbamates (subject to hydrolysis) is 1. The fraction of sp³-hybridized carbons (Fsp3) is 0.583. The molecule has 0 bridgehead atoms. The predicted molar refractivity (Wildman–Crippen MR) is 178 cm³/mol. The van der Waals surface area contributed by atoms with Gasteiger partial charge in [-0.05, 0) is 79.9 Å². The van der Waals surface area contributed by atoms with E-state index in [2.05, 4.69) is 28.4 Å². The van der Waals surface area contributed by atoms with Crippen LogP contribution in [0.4, 0.5) is 4.79 Å². The molecule has 0 spiro atoms. The monoisotopic (exact) mass is 648 g/mol. The first-order valence-electron chi connectivity index (χ1n) is 16.6. The lowest BCUT2D eigenvalue weighted by atomic mass is 9.75. The van der Waals surface area contributed by atoms with Gasteiger partial charge >= 0.3 is 12.1 Å². The first-order valence-corrected chi connectivity index (χ1v) is 16.6. The minimum Gasteiger partial charge on any atom is -0.497 e. The van der Waals surface area contributed by atoms with Crippen LogP contribution in [-0.2, 0) is 19.1 Å². The zero-order valence-corrected chi connectivity index (χ0v) is 28.2. The number of fused-ring (bicyclic) bond motifs is 2. The molecule has 0 radical (unpaired) electrons. The lowest BCUT2D eigenvalue weighted by Gasteiger charge is -2.36. The van der Waals surface area contributed by atoms with Crippen molar-refractivity contribution in [2.24, 2.45) is 23.2 Å². The number of unbranched alkanes of at least 4 members (excludes halogenated alkanes) is 1. The normalized spacial score (nSPS) is 25.7. The maximum atomic E-state index is 14.3. The molecule has 2 saturated carbocycles. The molecule has 2 aromatic rings. The molecule has 47 heavy (non-hydrogen) atoms. The van der Waals surface area contributed by atoms with Crippen LogP contribution in [0.2, 0.25) is 0 Å². The van der Waals surface area contributed by atoms with Crippen molar-refractivity contribution < 1.29 is 33.3 Å². The second kappa shape index (κ2) is 14.3. The van der Waals surface area contributed by atoms with E-state index in [4.69, 9.17) is 18.9 Å². The Morgan fingerprint density at radius 2 is 1.89 bits per heavy atom. The molecule has 11 nitrogen and oxygen atoms in total. The Bertz CT molecular complexity index is 1500. The smallest absolute Gasteiger partial charge is 0.408 e. The highest BCUT2D eigenvalue weighted by atomic mass is 16.6. The minimum atomic E-state index is -0.963. The Morgan fingerprint density at radius 1 is 1.11 bits per heavy atom. The molecule has 3 aliphatic rings. The molecule has 1 aromatic carbocycles. The van der Waals surface area contributed by atoms with E-state index in [1.807, 2.05) is 26.8 Å². The Hall–Kier alpha value is -4.15. The van der Waals surface area contributed by atoms with Gasteiger partial charge in [-0.3, -0.25) is 4.79 Å². The van der Waals surface area contributed by atoms with E-state index in [1.54, 1.807) is 31.4 Å². The molecular formula is C36H48N4O7. The Labute approximate surface area is 277 Å². The van der Waals surface area contributed by atoms with Crippen molar-refractivity contribution in [3.8, 4) is 11.6 Å². The van der Waals surface area contributed by atoms with Crippen LogP contribution in [0.25, 0.3) is 17.1 Å². The average molecular weight is 649 g/mol. The fourth-order valence-corrected chi connectivity index (χ4v) is 7.29. The van der Waals surface area contributed by atoms with E-state index in [-0.39, 0.29) is 24.9 Å². The summed E-state index contributed by atoms with van der Waals surface area (Å²) in [5, 5.41) is 2.89. The number of likely N-dealkylation sites (tertiary alicyclic amines) is 1. The number of hydrogen-bond acceptors (Lipinski definition) is 9. The van der Waals surface area contributed by atoms with Crippen molar-refractivity contribution in [3.05, 3.63) is 43.1 Å². The van der Waals surface area contributed by atoms with Gasteiger partial charge in [0.05, 0.1) is 31.8 Å². The molecule has 254 valence electrons. The number of esters is 1. The summed E-state index contributed by atoms with van der Waals surface area (Å²) in [7, 11) is 2.86. The lowest BCUT2D eigenvalue weighted by Crippen LogP contribution is -2.57. The number of benzene rings is 1. The highest BCUT2D eigenvalue weighted by molar-refractivity contribution is 5.91. The van der Waals surface area contributed by atoms with E-state index < -0.39 is 41.6 Å². The first kappa shape index (κ1) is 34.2. The van der Waals surface area contributed by atoms with Crippen LogP contribution in [0.15, 0.2) is 37.4 Å². The molecular weight excluding hydrogens is 600 g/mol. The SMILES string of the molecule is C=CCCCC1CC2CCC2C1OC(=O)NC(C(=O)N1CC(Oc2nc3cc(OC)ccc3nc2C=C)CC1C(=O)OC)C(C)(C)C. The average Bonchev–Trinajstić information content (AvgIpc) is 3.55. The number of carbonyl (C=O) groups excluding carboxylic acids is 3. The molecule has 1 aromatic heterocycles. The van der Waals surface area contributed by atoms with Gasteiger partial charge in [-0.25, -0.2) is 19.6 Å². The number of hydrogen-bond donors (Lipinski definition) is 1.